The first kappa shape index (κ1) is 23.1. The van der Waals surface area contributed by atoms with E-state index in [9.17, 15) is 14.7 Å². The van der Waals surface area contributed by atoms with Crippen molar-refractivity contribution in [3.05, 3.63) is 0 Å². The van der Waals surface area contributed by atoms with Crippen LogP contribution in [0.25, 0.3) is 0 Å². The number of carbonyl (C=O) groups is 2. The molecule has 0 aromatic rings. The molecule has 5 heteroatoms. The van der Waals surface area contributed by atoms with E-state index in [1.807, 2.05) is 0 Å². The molecule has 0 N–H and O–H groups in total. The van der Waals surface area contributed by atoms with Crippen molar-refractivity contribution in [2.24, 2.45) is 0 Å². The molecule has 0 saturated carbocycles. The zero-order valence-electron chi connectivity index (χ0n) is 14.3. The third-order valence-electron chi connectivity index (χ3n) is 4.90. The number of piperidine rings is 1. The number of amides is 2. The van der Waals surface area contributed by atoms with E-state index < -0.39 is 10.6 Å². The molecule has 0 radical (unpaired) electrons. The molecule has 0 aromatic carbocycles. The van der Waals surface area contributed by atoms with Crippen LogP contribution >= 0.6 is 0 Å². The monoisotopic (exact) mass is 335 g/mol. The van der Waals surface area contributed by atoms with Crippen LogP contribution < -0.4 is 5.11 Å². The average Bonchev–Trinajstić information content (AvgIpc) is 2.53. The number of likely N-dealkylation sites (tertiary alicyclic amines) is 1. The summed E-state index contributed by atoms with van der Waals surface area (Å²) in [7, 11) is 0. The summed E-state index contributed by atoms with van der Waals surface area (Å²) in [6, 6.07) is 0. The third kappa shape index (κ3) is 8.15. The molecule has 0 aliphatic carbocycles. The molecule has 0 spiro atoms. The molecule has 1 fully saturated rings. The molecule has 0 bridgehead atoms. The van der Waals surface area contributed by atoms with Crippen molar-refractivity contribution in [3.8, 4) is 0 Å². The zero-order chi connectivity index (χ0) is 16.3. The molecule has 23 heavy (non-hydrogen) atoms. The van der Waals surface area contributed by atoms with Crippen LogP contribution in [0.4, 0.5) is 4.79 Å². The maximum atomic E-state index is 12.3. The molecule has 0 aromatic heterocycles. The van der Waals surface area contributed by atoms with Gasteiger partial charge in [-0.1, -0.05) is 58.3 Å². The summed E-state index contributed by atoms with van der Waals surface area (Å²) >= 11 is 0. The number of nitrogens with zero attached hydrogens (tertiary/aromatic N) is 1. The number of carbonyl (C=O) groups excluding carboxylic acids is 2. The van der Waals surface area contributed by atoms with Gasteiger partial charge in [-0.3, -0.25) is 0 Å². The van der Waals surface area contributed by atoms with Gasteiger partial charge in [0.05, 0.1) is 19.5 Å². The second-order valence-corrected chi connectivity index (χ2v) is 6.71. The summed E-state index contributed by atoms with van der Waals surface area (Å²) in [6.07, 6.45) is 12.7. The van der Waals surface area contributed by atoms with Crippen LogP contribution in [0.2, 0.25) is 0 Å². The van der Waals surface area contributed by atoms with Crippen LogP contribution in [0.1, 0.15) is 90.4 Å². The normalized spacial score (nSPS) is 16.6. The van der Waals surface area contributed by atoms with Crippen LogP contribution in [0.5, 0.6) is 0 Å². The van der Waals surface area contributed by atoms with Gasteiger partial charge in [-0.25, -0.2) is 9.28 Å². The van der Waals surface area contributed by atoms with E-state index in [1.54, 1.807) is 0 Å². The Hall–Kier alpha value is 0.100. The molecule has 1 rings (SSSR count). The fourth-order valence-corrected chi connectivity index (χ4v) is 3.39. The molecular formula is C18H34NNaO3. The van der Waals surface area contributed by atoms with E-state index in [4.69, 9.17) is 0 Å². The predicted octanol–water partition coefficient (Wildman–Crippen LogP) is 3.13. The van der Waals surface area contributed by atoms with Crippen molar-refractivity contribution >= 4 is 41.6 Å². The maximum absolute atomic E-state index is 12.3. The first-order valence-corrected chi connectivity index (χ1v) is 9.25. The van der Waals surface area contributed by atoms with Crippen molar-refractivity contribution in [3.63, 3.8) is 0 Å². The van der Waals surface area contributed by atoms with E-state index in [0.29, 0.717) is 19.5 Å². The SMILES string of the molecule is CCCCCCCCCCCC(=O)[N+]1(C(=O)[O-])CCCCC1.[NaH]. The summed E-state index contributed by atoms with van der Waals surface area (Å²) in [5.41, 5.74) is 0. The summed E-state index contributed by atoms with van der Waals surface area (Å²) in [4.78, 5) is 23.7. The summed E-state index contributed by atoms with van der Waals surface area (Å²) in [5.74, 6) is -0.136. The van der Waals surface area contributed by atoms with Gasteiger partial charge in [0.1, 0.15) is 0 Å². The van der Waals surface area contributed by atoms with E-state index >= 15 is 0 Å². The number of quaternary nitrogens is 1. The van der Waals surface area contributed by atoms with Crippen LogP contribution in [0.15, 0.2) is 0 Å². The Morgan fingerprint density at radius 2 is 1.30 bits per heavy atom. The van der Waals surface area contributed by atoms with Gasteiger partial charge in [0.25, 0.3) is 6.09 Å². The van der Waals surface area contributed by atoms with Crippen LogP contribution in [-0.2, 0) is 4.79 Å². The molecule has 4 nitrogen and oxygen atoms in total. The quantitative estimate of drug-likeness (QED) is 0.350. The molecule has 1 aliphatic rings. The summed E-state index contributed by atoms with van der Waals surface area (Å²) < 4.78 is -0.420. The average molecular weight is 335 g/mol. The van der Waals surface area contributed by atoms with Gasteiger partial charge in [-0.05, 0) is 25.7 Å². The van der Waals surface area contributed by atoms with Gasteiger partial charge < -0.3 is 9.90 Å². The van der Waals surface area contributed by atoms with Gasteiger partial charge in [0.15, 0.2) is 0 Å². The van der Waals surface area contributed by atoms with Crippen LogP contribution in [0.3, 0.4) is 0 Å². The van der Waals surface area contributed by atoms with Gasteiger partial charge >= 0.3 is 35.5 Å². The van der Waals surface area contributed by atoms with Crippen LogP contribution in [-0.4, -0.2) is 59.1 Å². The topological polar surface area (TPSA) is 57.2 Å². The van der Waals surface area contributed by atoms with Crippen molar-refractivity contribution < 1.29 is 19.2 Å². The second kappa shape index (κ2) is 13.4. The number of carboxylic acid groups (broad SMARTS) is 1. The Morgan fingerprint density at radius 3 is 1.78 bits per heavy atom. The van der Waals surface area contributed by atoms with Crippen molar-refractivity contribution in [2.75, 3.05) is 13.1 Å². The summed E-state index contributed by atoms with van der Waals surface area (Å²) in [6.45, 7) is 3.08. The fourth-order valence-electron chi connectivity index (χ4n) is 3.39. The third-order valence-corrected chi connectivity index (χ3v) is 4.90. The molecule has 130 valence electrons. The first-order chi connectivity index (χ1) is 10.6. The molecule has 0 unspecified atom stereocenters. The van der Waals surface area contributed by atoms with Gasteiger partial charge in [-0.2, -0.15) is 0 Å². The Labute approximate surface area is 163 Å². The Balaban J connectivity index is 0.00000484. The number of imide groups is 1. The predicted molar refractivity (Wildman–Crippen MR) is 93.2 cm³/mol. The molecular weight excluding hydrogens is 301 g/mol. The zero-order valence-corrected chi connectivity index (χ0v) is 14.3. The molecule has 1 saturated heterocycles. The van der Waals surface area contributed by atoms with E-state index in [-0.39, 0.29) is 35.5 Å². The molecule has 1 heterocycles. The summed E-state index contributed by atoms with van der Waals surface area (Å²) in [5, 5.41) is 11.4. The first-order valence-electron chi connectivity index (χ1n) is 9.25. The number of hydrogen-bond donors (Lipinski definition) is 0. The second-order valence-electron chi connectivity index (χ2n) is 6.71. The fraction of sp³-hybridized carbons (Fsp3) is 0.889. The van der Waals surface area contributed by atoms with Gasteiger partial charge in [0, 0.05) is 0 Å². The minimum absolute atomic E-state index is 0. The Morgan fingerprint density at radius 1 is 0.826 bits per heavy atom. The number of unbranched alkanes of at least 4 members (excludes halogenated alkanes) is 8. The van der Waals surface area contributed by atoms with Gasteiger partial charge in [-0.15, -0.1) is 0 Å². The van der Waals surface area contributed by atoms with E-state index in [2.05, 4.69) is 6.92 Å². The molecule has 0 atom stereocenters. The van der Waals surface area contributed by atoms with Crippen LogP contribution in [0, 0.1) is 0 Å². The molecule has 1 aliphatic heterocycles. The standard InChI is InChI=1S/C18H33NO3.Na.H/c1-2-3-4-5-6-7-8-9-11-14-17(20)19(18(21)22)15-12-10-13-16-19;;/h2-16H2,1H3;;. The van der Waals surface area contributed by atoms with E-state index in [0.717, 1.165) is 38.5 Å². The number of hydrogen-bond acceptors (Lipinski definition) is 3. The Kier molecular flexibility index (Phi) is 13.5. The van der Waals surface area contributed by atoms with Crippen molar-refractivity contribution in [1.82, 2.24) is 0 Å². The van der Waals surface area contributed by atoms with Gasteiger partial charge in [0.2, 0.25) is 0 Å². The van der Waals surface area contributed by atoms with Crippen molar-refractivity contribution in [1.29, 1.82) is 0 Å². The Bertz CT molecular complexity index is 341. The molecule has 2 amide bonds. The van der Waals surface area contributed by atoms with Crippen molar-refractivity contribution in [2.45, 2.75) is 90.4 Å². The minimum atomic E-state index is -1.19. The number of rotatable bonds is 10. The van der Waals surface area contributed by atoms with E-state index in [1.165, 1.54) is 38.5 Å².